The fourth-order valence-electron chi connectivity index (χ4n) is 2.41. The number of hydrogen-bond donors (Lipinski definition) is 1. The molecular weight excluding hydrogens is 345 g/mol. The van der Waals surface area contributed by atoms with Crippen molar-refractivity contribution in [2.45, 2.75) is 13.0 Å². The third-order valence-electron chi connectivity index (χ3n) is 3.79. The number of rotatable bonds is 6. The van der Waals surface area contributed by atoms with E-state index in [1.807, 2.05) is 31.2 Å². The van der Waals surface area contributed by atoms with E-state index in [4.69, 9.17) is 4.74 Å². The molecule has 6 heteroatoms. The Kier molecular flexibility index (Phi) is 5.89. The minimum atomic E-state index is -0.311. The zero-order chi connectivity index (χ0) is 19.1. The lowest BCUT2D eigenvalue weighted by molar-refractivity contribution is -0.117. The lowest BCUT2D eigenvalue weighted by Crippen LogP contribution is -2.24. The summed E-state index contributed by atoms with van der Waals surface area (Å²) in [6.07, 6.45) is 7.64. The van der Waals surface area contributed by atoms with E-state index in [0.29, 0.717) is 11.5 Å². The molecule has 1 amide bonds. The Hall–Kier alpha value is -3.54. The molecule has 1 N–H and O–H groups in total. The Morgan fingerprint density at radius 2 is 1.85 bits per heavy atom. The summed E-state index contributed by atoms with van der Waals surface area (Å²) in [5.74, 6) is 0.614. The van der Waals surface area contributed by atoms with Crippen molar-refractivity contribution in [1.29, 1.82) is 0 Å². The molecule has 1 atom stereocenters. The first kappa shape index (κ1) is 18.3. The minimum Gasteiger partial charge on any atom is -0.454 e. The van der Waals surface area contributed by atoms with Crippen molar-refractivity contribution in [2.24, 2.45) is 0 Å². The second kappa shape index (κ2) is 8.71. The zero-order valence-corrected chi connectivity index (χ0v) is 14.7. The molecule has 1 heterocycles. The van der Waals surface area contributed by atoms with Crippen molar-refractivity contribution in [1.82, 2.24) is 15.3 Å². The molecule has 1 unspecified atom stereocenters. The Morgan fingerprint density at radius 1 is 1.11 bits per heavy atom. The predicted molar refractivity (Wildman–Crippen MR) is 101 cm³/mol. The number of benzene rings is 2. The lowest BCUT2D eigenvalue weighted by Gasteiger charge is -2.14. The van der Waals surface area contributed by atoms with Crippen LogP contribution in [0.4, 0.5) is 4.39 Å². The summed E-state index contributed by atoms with van der Waals surface area (Å²) >= 11 is 0. The molecule has 27 heavy (non-hydrogen) atoms. The van der Waals surface area contributed by atoms with Crippen molar-refractivity contribution >= 4 is 12.0 Å². The molecule has 136 valence electrons. The average Bonchev–Trinajstić information content (AvgIpc) is 2.68. The van der Waals surface area contributed by atoms with Gasteiger partial charge in [-0.1, -0.05) is 24.3 Å². The zero-order valence-electron chi connectivity index (χ0n) is 14.7. The van der Waals surface area contributed by atoms with Gasteiger partial charge in [-0.2, -0.15) is 0 Å². The second-order valence-corrected chi connectivity index (χ2v) is 5.86. The van der Waals surface area contributed by atoms with Crippen molar-refractivity contribution in [3.05, 3.63) is 90.3 Å². The summed E-state index contributed by atoms with van der Waals surface area (Å²) in [4.78, 5) is 19.9. The van der Waals surface area contributed by atoms with Gasteiger partial charge in [0.05, 0.1) is 18.4 Å². The van der Waals surface area contributed by atoms with Gasteiger partial charge in [0.15, 0.2) is 5.75 Å². The molecule has 0 spiro atoms. The van der Waals surface area contributed by atoms with Gasteiger partial charge >= 0.3 is 0 Å². The highest BCUT2D eigenvalue weighted by molar-refractivity contribution is 5.91. The topological polar surface area (TPSA) is 64.1 Å². The number of amides is 1. The van der Waals surface area contributed by atoms with Crippen LogP contribution in [-0.4, -0.2) is 15.9 Å². The fraction of sp³-hybridized carbons (Fsp3) is 0.0952. The van der Waals surface area contributed by atoms with Crippen molar-refractivity contribution in [2.75, 3.05) is 0 Å². The third-order valence-corrected chi connectivity index (χ3v) is 3.79. The Balaban J connectivity index is 1.61. The van der Waals surface area contributed by atoms with E-state index >= 15 is 0 Å². The molecule has 0 aliphatic carbocycles. The molecule has 3 rings (SSSR count). The summed E-state index contributed by atoms with van der Waals surface area (Å²) < 4.78 is 18.6. The summed E-state index contributed by atoms with van der Waals surface area (Å²) in [5.41, 5.74) is 1.65. The van der Waals surface area contributed by atoms with Crippen LogP contribution in [0.2, 0.25) is 0 Å². The lowest BCUT2D eigenvalue weighted by atomic mass is 10.1. The molecule has 2 aromatic carbocycles. The molecule has 0 radical (unpaired) electrons. The molecule has 0 aliphatic rings. The highest BCUT2D eigenvalue weighted by Gasteiger charge is 2.09. The summed E-state index contributed by atoms with van der Waals surface area (Å²) in [6, 6.07) is 13.1. The van der Waals surface area contributed by atoms with Crippen molar-refractivity contribution < 1.29 is 13.9 Å². The number of nitrogens with zero attached hydrogens (tertiary/aromatic N) is 2. The molecule has 0 saturated heterocycles. The average molecular weight is 363 g/mol. The first-order valence-corrected chi connectivity index (χ1v) is 8.37. The fourth-order valence-corrected chi connectivity index (χ4v) is 2.41. The highest BCUT2D eigenvalue weighted by atomic mass is 19.1. The van der Waals surface area contributed by atoms with Crippen LogP contribution in [0.25, 0.3) is 6.08 Å². The molecule has 1 aromatic heterocycles. The van der Waals surface area contributed by atoms with Crippen LogP contribution in [0.15, 0.2) is 73.3 Å². The van der Waals surface area contributed by atoms with E-state index < -0.39 is 0 Å². The van der Waals surface area contributed by atoms with Gasteiger partial charge in [0.2, 0.25) is 5.91 Å². The third kappa shape index (κ3) is 5.47. The molecule has 0 bridgehead atoms. The predicted octanol–water partition coefficient (Wildman–Crippen LogP) is 4.30. The van der Waals surface area contributed by atoms with Crippen LogP contribution >= 0.6 is 0 Å². The van der Waals surface area contributed by atoms with Crippen LogP contribution in [-0.2, 0) is 4.79 Å². The SMILES string of the molecule is CC(NC(=O)C=Cc1ccc(F)cc1)c1cccc(Oc2cncnc2)c1. The standard InChI is InChI=1S/C21H18FN3O2/c1-15(25-21(26)10-7-16-5-8-18(22)9-6-16)17-3-2-4-19(11-17)27-20-12-23-14-24-13-20/h2-15H,1H3,(H,25,26). The smallest absolute Gasteiger partial charge is 0.244 e. The molecule has 0 fully saturated rings. The monoisotopic (exact) mass is 363 g/mol. The Labute approximate surface area is 156 Å². The van der Waals surface area contributed by atoms with E-state index in [2.05, 4.69) is 15.3 Å². The molecule has 0 aliphatic heterocycles. The van der Waals surface area contributed by atoms with Crippen LogP contribution < -0.4 is 10.1 Å². The number of carbonyl (C=O) groups is 1. The normalized spacial score (nSPS) is 11.9. The maximum atomic E-state index is 12.9. The molecular formula is C21H18FN3O2. The van der Waals surface area contributed by atoms with Crippen LogP contribution in [0.3, 0.4) is 0 Å². The van der Waals surface area contributed by atoms with Gasteiger partial charge in [0.25, 0.3) is 0 Å². The van der Waals surface area contributed by atoms with E-state index in [0.717, 1.165) is 11.1 Å². The van der Waals surface area contributed by atoms with E-state index in [9.17, 15) is 9.18 Å². The first-order valence-electron chi connectivity index (χ1n) is 8.37. The van der Waals surface area contributed by atoms with Gasteiger partial charge in [-0.25, -0.2) is 14.4 Å². The number of carbonyl (C=O) groups excluding carboxylic acids is 1. The van der Waals surface area contributed by atoms with Crippen LogP contribution in [0, 0.1) is 5.82 Å². The molecule has 5 nitrogen and oxygen atoms in total. The number of ether oxygens (including phenoxy) is 1. The number of aromatic nitrogens is 2. The van der Waals surface area contributed by atoms with E-state index in [1.54, 1.807) is 30.6 Å². The molecule has 0 saturated carbocycles. The van der Waals surface area contributed by atoms with E-state index in [-0.39, 0.29) is 17.8 Å². The largest absolute Gasteiger partial charge is 0.454 e. The number of nitrogens with one attached hydrogen (secondary N) is 1. The maximum Gasteiger partial charge on any atom is 0.244 e. The van der Waals surface area contributed by atoms with Gasteiger partial charge in [-0.3, -0.25) is 4.79 Å². The Morgan fingerprint density at radius 3 is 2.59 bits per heavy atom. The van der Waals surface area contributed by atoms with Gasteiger partial charge in [-0.05, 0) is 48.4 Å². The number of hydrogen-bond acceptors (Lipinski definition) is 4. The van der Waals surface area contributed by atoms with Gasteiger partial charge < -0.3 is 10.1 Å². The van der Waals surface area contributed by atoms with E-state index in [1.165, 1.54) is 24.5 Å². The van der Waals surface area contributed by atoms with Gasteiger partial charge in [0.1, 0.15) is 17.9 Å². The van der Waals surface area contributed by atoms with Gasteiger partial charge in [0, 0.05) is 6.08 Å². The van der Waals surface area contributed by atoms with Crippen LogP contribution in [0.5, 0.6) is 11.5 Å². The van der Waals surface area contributed by atoms with Crippen LogP contribution in [0.1, 0.15) is 24.1 Å². The second-order valence-electron chi connectivity index (χ2n) is 5.86. The summed E-state index contributed by atoms with van der Waals surface area (Å²) in [5, 5.41) is 2.89. The maximum absolute atomic E-state index is 12.9. The minimum absolute atomic E-state index is 0.217. The van der Waals surface area contributed by atoms with Crippen molar-refractivity contribution in [3.8, 4) is 11.5 Å². The highest BCUT2D eigenvalue weighted by Crippen LogP contribution is 2.23. The number of halogens is 1. The quantitative estimate of drug-likeness (QED) is 0.663. The Bertz CT molecular complexity index is 928. The van der Waals surface area contributed by atoms with Crippen molar-refractivity contribution in [3.63, 3.8) is 0 Å². The summed E-state index contributed by atoms with van der Waals surface area (Å²) in [6.45, 7) is 1.88. The molecule has 3 aromatic rings. The first-order chi connectivity index (χ1) is 13.1. The van der Waals surface area contributed by atoms with Gasteiger partial charge in [-0.15, -0.1) is 0 Å². The summed E-state index contributed by atoms with van der Waals surface area (Å²) in [7, 11) is 0.